The van der Waals surface area contributed by atoms with Crippen LogP contribution in [0.1, 0.15) is 106 Å². The second-order valence-corrected chi connectivity index (χ2v) is 12.9. The molecule has 0 aromatic heterocycles. The van der Waals surface area contributed by atoms with E-state index in [-0.39, 0.29) is 29.0 Å². The van der Waals surface area contributed by atoms with E-state index in [9.17, 15) is 10.2 Å². The highest BCUT2D eigenvalue weighted by molar-refractivity contribution is 5.39. The fourth-order valence-electron chi connectivity index (χ4n) is 8.71. The smallest absolute Gasteiger partial charge is 0.0615 e. The largest absolute Gasteiger partial charge is 0.393 e. The lowest BCUT2D eigenvalue weighted by atomic mass is 9.46. The predicted octanol–water partition coefficient (Wildman–Crippen LogP) is 7.06. The van der Waals surface area contributed by atoms with Crippen LogP contribution in [0.4, 0.5) is 0 Å². The maximum absolute atomic E-state index is 11.3. The molecule has 2 fully saturated rings. The zero-order valence-corrected chi connectivity index (χ0v) is 21.1. The van der Waals surface area contributed by atoms with Crippen molar-refractivity contribution in [3.8, 4) is 0 Å². The Morgan fingerprint density at radius 2 is 1.74 bits per heavy atom. The summed E-state index contributed by atoms with van der Waals surface area (Å²) in [5.74, 6) is 2.32. The fourth-order valence-corrected chi connectivity index (χ4v) is 8.71. The number of hydrogen-bond acceptors (Lipinski definition) is 2. The van der Waals surface area contributed by atoms with Crippen LogP contribution >= 0.6 is 0 Å². The van der Waals surface area contributed by atoms with E-state index in [2.05, 4.69) is 48.1 Å². The van der Waals surface area contributed by atoms with Gasteiger partial charge in [-0.25, -0.2) is 0 Å². The molecule has 4 aliphatic rings. The fraction of sp³-hybridized carbons (Fsp3) is 0.862. The molecule has 176 valence electrons. The van der Waals surface area contributed by atoms with Crippen LogP contribution in [0.2, 0.25) is 0 Å². The normalized spacial score (nSPS) is 45.8. The Hall–Kier alpha value is -0.600. The van der Waals surface area contributed by atoms with E-state index in [0.29, 0.717) is 11.3 Å². The minimum atomic E-state index is -0.288. The zero-order chi connectivity index (χ0) is 22.8. The van der Waals surface area contributed by atoms with Gasteiger partial charge in [0.25, 0.3) is 0 Å². The third-order valence-electron chi connectivity index (χ3n) is 11.3. The van der Waals surface area contributed by atoms with Crippen molar-refractivity contribution in [2.45, 2.75) is 118 Å². The Morgan fingerprint density at radius 3 is 2.42 bits per heavy atom. The predicted molar refractivity (Wildman–Crippen MR) is 130 cm³/mol. The first kappa shape index (κ1) is 23.6. The van der Waals surface area contributed by atoms with Gasteiger partial charge >= 0.3 is 0 Å². The molecule has 0 radical (unpaired) electrons. The lowest BCUT2D eigenvalue weighted by molar-refractivity contribution is -0.0606. The molecular formula is C29H48O2. The monoisotopic (exact) mass is 428 g/mol. The average molecular weight is 429 g/mol. The summed E-state index contributed by atoms with van der Waals surface area (Å²) in [4.78, 5) is 0. The minimum Gasteiger partial charge on any atom is -0.393 e. The molecule has 2 heteroatoms. The van der Waals surface area contributed by atoms with Crippen LogP contribution in [0.5, 0.6) is 0 Å². The highest BCUT2D eigenvalue weighted by Gasteiger charge is 2.62. The van der Waals surface area contributed by atoms with Gasteiger partial charge in [-0.05, 0) is 104 Å². The SMILES string of the molecule is C=C(CC[C@@H](C)[C@H]1CC[C@@]2(C)C3=C(CC[C@]12C)[C@@]1(C)CC[C@H](O)CC1[C@@H](O)C3)C(C)C. The number of hydrogen-bond donors (Lipinski definition) is 2. The van der Waals surface area contributed by atoms with Crippen molar-refractivity contribution in [1.82, 2.24) is 0 Å². The maximum atomic E-state index is 11.3. The Labute approximate surface area is 191 Å². The van der Waals surface area contributed by atoms with E-state index < -0.39 is 0 Å². The molecule has 0 aromatic rings. The molecule has 8 atom stereocenters. The molecule has 2 saturated carbocycles. The van der Waals surface area contributed by atoms with Gasteiger partial charge in [-0.1, -0.05) is 64.8 Å². The van der Waals surface area contributed by atoms with Gasteiger partial charge in [0.05, 0.1) is 12.2 Å². The second kappa shape index (κ2) is 8.01. The van der Waals surface area contributed by atoms with Crippen LogP contribution in [-0.4, -0.2) is 22.4 Å². The molecular weight excluding hydrogens is 380 g/mol. The molecule has 2 nitrogen and oxygen atoms in total. The standard InChI is InChI=1S/C29H48O2/c1-18(2)19(3)8-9-20(4)22-11-14-29(7)24-17-26(31)25-16-21(30)10-13-27(25,5)23(24)12-15-28(22,29)6/h18,20-22,25-26,30-31H,3,8-17H2,1-2,4-7H3/t20-,21+,22-,25?,26+,27-,28-,29+/m1/s1. The Balaban J connectivity index is 1.62. The molecule has 0 aromatic carbocycles. The van der Waals surface area contributed by atoms with E-state index in [4.69, 9.17) is 0 Å². The third-order valence-corrected chi connectivity index (χ3v) is 11.3. The summed E-state index contributed by atoms with van der Waals surface area (Å²) in [6, 6.07) is 0. The van der Waals surface area contributed by atoms with Gasteiger partial charge in [0, 0.05) is 0 Å². The number of aliphatic hydroxyl groups is 2. The molecule has 0 aliphatic heterocycles. The number of fused-ring (bicyclic) bond motifs is 4. The third kappa shape index (κ3) is 3.50. The first-order chi connectivity index (χ1) is 14.4. The number of rotatable bonds is 5. The zero-order valence-electron chi connectivity index (χ0n) is 21.1. The topological polar surface area (TPSA) is 40.5 Å². The minimum absolute atomic E-state index is 0.0925. The van der Waals surface area contributed by atoms with Crippen LogP contribution in [-0.2, 0) is 0 Å². The first-order valence-electron chi connectivity index (χ1n) is 13.2. The number of allylic oxidation sites excluding steroid dienone is 2. The van der Waals surface area contributed by atoms with Crippen molar-refractivity contribution in [1.29, 1.82) is 0 Å². The van der Waals surface area contributed by atoms with Crippen molar-refractivity contribution < 1.29 is 10.2 Å². The summed E-state index contributed by atoms with van der Waals surface area (Å²) in [5, 5.41) is 21.6. The van der Waals surface area contributed by atoms with Crippen molar-refractivity contribution in [3.63, 3.8) is 0 Å². The molecule has 0 amide bonds. The lowest BCUT2D eigenvalue weighted by Gasteiger charge is -2.59. The molecule has 2 N–H and O–H groups in total. The Bertz CT molecular complexity index is 750. The molecule has 0 heterocycles. The van der Waals surface area contributed by atoms with Crippen LogP contribution < -0.4 is 0 Å². The lowest BCUT2D eigenvalue weighted by Crippen LogP contribution is -2.53. The quantitative estimate of drug-likeness (QED) is 0.460. The molecule has 31 heavy (non-hydrogen) atoms. The molecule has 1 unspecified atom stereocenters. The Morgan fingerprint density at radius 1 is 1.03 bits per heavy atom. The van der Waals surface area contributed by atoms with Gasteiger partial charge < -0.3 is 10.2 Å². The van der Waals surface area contributed by atoms with E-state index in [1.165, 1.54) is 37.7 Å². The van der Waals surface area contributed by atoms with Crippen molar-refractivity contribution in [2.24, 2.45) is 39.9 Å². The summed E-state index contributed by atoms with van der Waals surface area (Å²) in [6.07, 6.45) is 10.6. The average Bonchev–Trinajstić information content (AvgIpc) is 2.99. The van der Waals surface area contributed by atoms with Crippen molar-refractivity contribution >= 4 is 0 Å². The van der Waals surface area contributed by atoms with Gasteiger partial charge in [-0.2, -0.15) is 0 Å². The molecule has 0 spiro atoms. The first-order valence-corrected chi connectivity index (χ1v) is 13.2. The van der Waals surface area contributed by atoms with E-state index >= 15 is 0 Å². The maximum Gasteiger partial charge on any atom is 0.0615 e. The van der Waals surface area contributed by atoms with Crippen molar-refractivity contribution in [3.05, 3.63) is 23.3 Å². The molecule has 0 saturated heterocycles. The summed E-state index contributed by atoms with van der Waals surface area (Å²) in [5.41, 5.74) is 5.37. The van der Waals surface area contributed by atoms with Crippen LogP contribution in [0, 0.1) is 39.9 Å². The molecule has 4 aliphatic carbocycles. The highest BCUT2D eigenvalue weighted by atomic mass is 16.3. The molecule has 4 rings (SSSR count). The van der Waals surface area contributed by atoms with Crippen LogP contribution in [0.3, 0.4) is 0 Å². The van der Waals surface area contributed by atoms with E-state index in [1.807, 2.05) is 0 Å². The van der Waals surface area contributed by atoms with Crippen LogP contribution in [0.15, 0.2) is 23.3 Å². The van der Waals surface area contributed by atoms with Gasteiger partial charge in [0.2, 0.25) is 0 Å². The van der Waals surface area contributed by atoms with E-state index in [1.54, 1.807) is 11.1 Å². The molecule has 0 bridgehead atoms. The van der Waals surface area contributed by atoms with Gasteiger partial charge in [-0.3, -0.25) is 0 Å². The van der Waals surface area contributed by atoms with Crippen LogP contribution in [0.25, 0.3) is 0 Å². The van der Waals surface area contributed by atoms with Crippen molar-refractivity contribution in [2.75, 3.05) is 0 Å². The summed E-state index contributed by atoms with van der Waals surface area (Å²) >= 11 is 0. The summed E-state index contributed by atoms with van der Waals surface area (Å²) < 4.78 is 0. The highest BCUT2D eigenvalue weighted by Crippen LogP contribution is 2.71. The van der Waals surface area contributed by atoms with E-state index in [0.717, 1.165) is 43.9 Å². The number of aliphatic hydroxyl groups excluding tert-OH is 2. The van der Waals surface area contributed by atoms with Gasteiger partial charge in [-0.15, -0.1) is 0 Å². The summed E-state index contributed by atoms with van der Waals surface area (Å²) in [6.45, 7) is 18.9. The Kier molecular flexibility index (Phi) is 6.09. The second-order valence-electron chi connectivity index (χ2n) is 12.9. The van der Waals surface area contributed by atoms with Gasteiger partial charge in [0.15, 0.2) is 0 Å². The summed E-state index contributed by atoms with van der Waals surface area (Å²) in [7, 11) is 0. The van der Waals surface area contributed by atoms with Gasteiger partial charge in [0.1, 0.15) is 0 Å².